The molecule has 0 bridgehead atoms. The van der Waals surface area contributed by atoms with Crippen LogP contribution in [0.2, 0.25) is 0 Å². The van der Waals surface area contributed by atoms with Crippen molar-refractivity contribution >= 4 is 38.6 Å². The molecule has 4 heteroatoms. The molecule has 0 saturated carbocycles. The Balaban J connectivity index is 1.94. The molecule has 0 aliphatic carbocycles. The molecule has 2 rings (SSSR count). The summed E-state index contributed by atoms with van der Waals surface area (Å²) >= 11 is 7.14. The Labute approximate surface area is 119 Å². The molecule has 1 nitrogen and oxygen atoms in total. The van der Waals surface area contributed by atoms with Crippen molar-refractivity contribution < 1.29 is 0 Å². The molecule has 0 aliphatic rings. The van der Waals surface area contributed by atoms with Gasteiger partial charge in [-0.2, -0.15) is 0 Å². The van der Waals surface area contributed by atoms with Crippen LogP contribution in [0.1, 0.15) is 35.6 Å². The summed E-state index contributed by atoms with van der Waals surface area (Å²) in [7, 11) is 0. The van der Waals surface area contributed by atoms with E-state index in [1.54, 1.807) is 11.3 Å². The summed E-state index contributed by atoms with van der Waals surface area (Å²) < 4.78 is 1.18. The lowest BCUT2D eigenvalue weighted by Gasteiger charge is -2.16. The van der Waals surface area contributed by atoms with E-state index in [-0.39, 0.29) is 0 Å². The zero-order valence-corrected chi connectivity index (χ0v) is 13.0. The van der Waals surface area contributed by atoms with Crippen LogP contribution in [0.15, 0.2) is 33.4 Å². The molecule has 0 saturated heterocycles. The van der Waals surface area contributed by atoms with Crippen molar-refractivity contribution in [3.63, 3.8) is 0 Å². The number of hydrogen-bond acceptors (Lipinski definition) is 3. The van der Waals surface area contributed by atoms with Gasteiger partial charge in [0.05, 0.1) is 0 Å². The standard InChI is InChI=1S/C13H16BrNS2/c1-2-4-12(13-5-3-6-16-13)15-8-11-7-10(14)9-17-11/h3,5-7,9,12,15H,2,4,8H2,1H3. The van der Waals surface area contributed by atoms with Gasteiger partial charge >= 0.3 is 0 Å². The first-order valence-electron chi connectivity index (χ1n) is 5.79. The maximum Gasteiger partial charge on any atom is 0.0417 e. The summed E-state index contributed by atoms with van der Waals surface area (Å²) in [4.78, 5) is 2.83. The van der Waals surface area contributed by atoms with Gasteiger partial charge in [0.2, 0.25) is 0 Å². The minimum Gasteiger partial charge on any atom is -0.304 e. The van der Waals surface area contributed by atoms with Crippen LogP contribution in [0, 0.1) is 0 Å². The van der Waals surface area contributed by atoms with Crippen LogP contribution < -0.4 is 5.32 Å². The van der Waals surface area contributed by atoms with E-state index in [4.69, 9.17) is 0 Å². The lowest BCUT2D eigenvalue weighted by molar-refractivity contribution is 0.503. The molecule has 0 fully saturated rings. The number of halogens is 1. The van der Waals surface area contributed by atoms with E-state index in [0.717, 1.165) is 6.54 Å². The highest BCUT2D eigenvalue weighted by Crippen LogP contribution is 2.25. The van der Waals surface area contributed by atoms with Crippen molar-refractivity contribution in [3.8, 4) is 0 Å². The van der Waals surface area contributed by atoms with Gasteiger partial charge in [-0.3, -0.25) is 0 Å². The van der Waals surface area contributed by atoms with Crippen molar-refractivity contribution in [2.24, 2.45) is 0 Å². The largest absolute Gasteiger partial charge is 0.304 e. The molecule has 1 unspecified atom stereocenters. The minimum atomic E-state index is 0.501. The van der Waals surface area contributed by atoms with E-state index >= 15 is 0 Å². The summed E-state index contributed by atoms with van der Waals surface area (Å²) in [5.74, 6) is 0. The fourth-order valence-electron chi connectivity index (χ4n) is 1.79. The van der Waals surface area contributed by atoms with E-state index in [0.29, 0.717) is 6.04 Å². The summed E-state index contributed by atoms with van der Waals surface area (Å²) in [6.07, 6.45) is 2.41. The van der Waals surface area contributed by atoms with E-state index in [9.17, 15) is 0 Å². The molecule has 0 spiro atoms. The topological polar surface area (TPSA) is 12.0 Å². The third-order valence-electron chi connectivity index (χ3n) is 2.61. The van der Waals surface area contributed by atoms with Crippen molar-refractivity contribution in [3.05, 3.63) is 43.2 Å². The van der Waals surface area contributed by atoms with E-state index < -0.39 is 0 Å². The zero-order valence-electron chi connectivity index (χ0n) is 9.78. The van der Waals surface area contributed by atoms with E-state index in [2.05, 4.69) is 57.1 Å². The van der Waals surface area contributed by atoms with Gasteiger partial charge in [0.1, 0.15) is 0 Å². The molecule has 1 atom stereocenters. The second-order valence-corrected chi connectivity index (χ2v) is 6.86. The average molecular weight is 330 g/mol. The van der Waals surface area contributed by atoms with Crippen LogP contribution in [0.3, 0.4) is 0 Å². The second-order valence-electron chi connectivity index (χ2n) is 3.97. The third-order valence-corrected chi connectivity index (χ3v) is 5.29. The third kappa shape index (κ3) is 3.91. The van der Waals surface area contributed by atoms with Crippen molar-refractivity contribution in [2.45, 2.75) is 32.4 Å². The Morgan fingerprint density at radius 3 is 2.88 bits per heavy atom. The van der Waals surface area contributed by atoms with Gasteiger partial charge < -0.3 is 5.32 Å². The maximum atomic E-state index is 3.65. The molecular formula is C13H16BrNS2. The number of hydrogen-bond donors (Lipinski definition) is 1. The Morgan fingerprint density at radius 1 is 1.41 bits per heavy atom. The monoisotopic (exact) mass is 329 g/mol. The number of rotatable bonds is 6. The highest BCUT2D eigenvalue weighted by molar-refractivity contribution is 9.10. The smallest absolute Gasteiger partial charge is 0.0417 e. The molecular weight excluding hydrogens is 314 g/mol. The van der Waals surface area contributed by atoms with Gasteiger partial charge in [-0.25, -0.2) is 0 Å². The zero-order chi connectivity index (χ0) is 12.1. The second kappa shape index (κ2) is 6.69. The highest BCUT2D eigenvalue weighted by Gasteiger charge is 2.11. The first kappa shape index (κ1) is 13.3. The van der Waals surface area contributed by atoms with Gasteiger partial charge in [-0.05, 0) is 39.9 Å². The van der Waals surface area contributed by atoms with Crippen LogP contribution in [0.5, 0.6) is 0 Å². The van der Waals surface area contributed by atoms with Crippen LogP contribution in [0.4, 0.5) is 0 Å². The molecule has 0 amide bonds. The molecule has 0 radical (unpaired) electrons. The van der Waals surface area contributed by atoms with Crippen LogP contribution in [0.25, 0.3) is 0 Å². The van der Waals surface area contributed by atoms with Crippen molar-refractivity contribution in [1.29, 1.82) is 0 Å². The summed E-state index contributed by atoms with van der Waals surface area (Å²) in [6, 6.07) is 7.05. The van der Waals surface area contributed by atoms with Crippen molar-refractivity contribution in [1.82, 2.24) is 5.32 Å². The minimum absolute atomic E-state index is 0.501. The average Bonchev–Trinajstić information content (AvgIpc) is 2.95. The Morgan fingerprint density at radius 2 is 2.29 bits per heavy atom. The van der Waals surface area contributed by atoms with Gasteiger partial charge in [-0.15, -0.1) is 22.7 Å². The first-order valence-corrected chi connectivity index (χ1v) is 8.34. The Bertz CT molecular complexity index is 436. The fraction of sp³-hybridized carbons (Fsp3) is 0.385. The normalized spacial score (nSPS) is 12.8. The van der Waals surface area contributed by atoms with Crippen molar-refractivity contribution in [2.75, 3.05) is 0 Å². The molecule has 0 aromatic carbocycles. The summed E-state index contributed by atoms with van der Waals surface area (Å²) in [6.45, 7) is 3.20. The molecule has 17 heavy (non-hydrogen) atoms. The van der Waals surface area contributed by atoms with Gasteiger partial charge in [0, 0.05) is 32.2 Å². The first-order chi connectivity index (χ1) is 8.29. The molecule has 92 valence electrons. The lowest BCUT2D eigenvalue weighted by atomic mass is 10.1. The maximum absolute atomic E-state index is 3.65. The quantitative estimate of drug-likeness (QED) is 0.767. The van der Waals surface area contributed by atoms with Gasteiger partial charge in [0.25, 0.3) is 0 Å². The number of thiophene rings is 2. The molecule has 2 heterocycles. The predicted molar refractivity (Wildman–Crippen MR) is 80.8 cm³/mol. The van der Waals surface area contributed by atoms with Gasteiger partial charge in [0.15, 0.2) is 0 Å². The highest BCUT2D eigenvalue weighted by atomic mass is 79.9. The van der Waals surface area contributed by atoms with Crippen LogP contribution in [-0.4, -0.2) is 0 Å². The Hall–Kier alpha value is -0.160. The summed E-state index contributed by atoms with van der Waals surface area (Å²) in [5.41, 5.74) is 0. The summed E-state index contributed by atoms with van der Waals surface area (Å²) in [5, 5.41) is 7.94. The van der Waals surface area contributed by atoms with Crippen LogP contribution in [-0.2, 0) is 6.54 Å². The molecule has 2 aromatic rings. The van der Waals surface area contributed by atoms with Gasteiger partial charge in [-0.1, -0.05) is 19.4 Å². The molecule has 2 aromatic heterocycles. The lowest BCUT2D eigenvalue weighted by Crippen LogP contribution is -2.19. The fourth-order valence-corrected chi connectivity index (χ4v) is 4.03. The van der Waals surface area contributed by atoms with E-state index in [1.165, 1.54) is 27.1 Å². The Kier molecular flexibility index (Phi) is 5.22. The van der Waals surface area contributed by atoms with Crippen LogP contribution >= 0.6 is 38.6 Å². The SMILES string of the molecule is CCCC(NCc1cc(Br)cs1)c1cccs1. The van der Waals surface area contributed by atoms with E-state index in [1.807, 2.05) is 11.3 Å². The predicted octanol–water partition coefficient (Wildman–Crippen LogP) is 5.20. The molecule has 1 N–H and O–H groups in total. The number of nitrogens with one attached hydrogen (secondary N) is 1. The molecule has 0 aliphatic heterocycles.